The fraction of sp³-hybridized carbons (Fsp3) is 0.414. The molecule has 3 heterocycles. The Kier molecular flexibility index (Phi) is 8.50. The van der Waals surface area contributed by atoms with Crippen LogP contribution in [0.25, 0.3) is 11.1 Å². The van der Waals surface area contributed by atoms with Gasteiger partial charge in [0.05, 0.1) is 17.8 Å². The van der Waals surface area contributed by atoms with Crippen molar-refractivity contribution in [3.63, 3.8) is 0 Å². The maximum atomic E-state index is 14.8. The SMILES string of the molecule is CC(C)[C@H](Nc1ncc(C(=O)Nc2c(-c3ccccc3F)ccnc2N2CCC(F)(F)C2)cn1)C(=O)OC(C)(C)C. The lowest BCUT2D eigenvalue weighted by Crippen LogP contribution is -2.40. The zero-order valence-corrected chi connectivity index (χ0v) is 23.5. The van der Waals surface area contributed by atoms with Crippen molar-refractivity contribution in [2.24, 2.45) is 5.92 Å². The molecule has 4 rings (SSSR count). The highest BCUT2D eigenvalue weighted by Crippen LogP contribution is 2.39. The number of nitrogens with one attached hydrogen (secondary N) is 2. The summed E-state index contributed by atoms with van der Waals surface area (Å²) >= 11 is 0. The summed E-state index contributed by atoms with van der Waals surface area (Å²) in [7, 11) is 0. The predicted molar refractivity (Wildman–Crippen MR) is 149 cm³/mol. The Bertz CT molecular complexity index is 1410. The second-order valence-corrected chi connectivity index (χ2v) is 11.2. The Labute approximate surface area is 236 Å². The molecule has 0 aliphatic carbocycles. The first-order valence-electron chi connectivity index (χ1n) is 13.2. The van der Waals surface area contributed by atoms with E-state index in [0.717, 1.165) is 0 Å². The quantitative estimate of drug-likeness (QED) is 0.339. The lowest BCUT2D eigenvalue weighted by atomic mass is 10.0. The summed E-state index contributed by atoms with van der Waals surface area (Å²) in [6.45, 7) is 8.44. The van der Waals surface area contributed by atoms with Gasteiger partial charge in [-0.3, -0.25) is 4.79 Å². The van der Waals surface area contributed by atoms with Gasteiger partial charge in [0.1, 0.15) is 17.5 Å². The molecule has 0 saturated carbocycles. The van der Waals surface area contributed by atoms with Crippen LogP contribution in [0.3, 0.4) is 0 Å². The van der Waals surface area contributed by atoms with Crippen LogP contribution in [0.2, 0.25) is 0 Å². The van der Waals surface area contributed by atoms with Crippen molar-refractivity contribution < 1.29 is 27.5 Å². The van der Waals surface area contributed by atoms with Crippen LogP contribution in [0, 0.1) is 11.7 Å². The van der Waals surface area contributed by atoms with E-state index in [0.29, 0.717) is 0 Å². The fourth-order valence-corrected chi connectivity index (χ4v) is 4.34. The number of hydrogen-bond donors (Lipinski definition) is 2. The number of carbonyl (C=O) groups excluding carboxylic acids is 2. The van der Waals surface area contributed by atoms with E-state index in [1.807, 2.05) is 13.8 Å². The number of aromatic nitrogens is 3. The number of nitrogens with zero attached hydrogens (tertiary/aromatic N) is 4. The molecule has 1 aliphatic rings. The number of halogens is 3. The number of rotatable bonds is 8. The topological polar surface area (TPSA) is 109 Å². The minimum absolute atomic E-state index is 0.0156. The van der Waals surface area contributed by atoms with Crippen molar-refractivity contribution in [3.8, 4) is 11.1 Å². The number of ether oxygens (including phenoxy) is 1. The van der Waals surface area contributed by atoms with Crippen LogP contribution in [-0.4, -0.2) is 57.5 Å². The van der Waals surface area contributed by atoms with Gasteiger partial charge in [-0.15, -0.1) is 0 Å². The van der Waals surface area contributed by atoms with E-state index in [9.17, 15) is 22.8 Å². The monoisotopic (exact) mass is 570 g/mol. The van der Waals surface area contributed by atoms with E-state index < -0.39 is 41.8 Å². The van der Waals surface area contributed by atoms with Crippen molar-refractivity contribution in [1.29, 1.82) is 0 Å². The standard InChI is InChI=1S/C29H33F3N6O3/c1-17(2)22(26(40)41-28(3,4)5)37-27-34-14-18(15-35-27)25(39)36-23-20(19-8-6-7-9-21(19)30)10-12-33-24(23)38-13-11-29(31,32)16-38/h6-10,12,14-15,17,22H,11,13,16H2,1-5H3,(H,36,39)(H,34,35,37)/t22-/m0/s1. The first kappa shape index (κ1) is 29.8. The molecule has 0 radical (unpaired) electrons. The number of hydrogen-bond acceptors (Lipinski definition) is 8. The van der Waals surface area contributed by atoms with E-state index >= 15 is 0 Å². The van der Waals surface area contributed by atoms with Crippen molar-refractivity contribution in [2.75, 3.05) is 28.6 Å². The number of esters is 1. The van der Waals surface area contributed by atoms with Crippen LogP contribution in [0.4, 0.5) is 30.6 Å². The molecule has 0 bridgehead atoms. The van der Waals surface area contributed by atoms with Crippen molar-refractivity contribution >= 4 is 29.3 Å². The zero-order chi connectivity index (χ0) is 29.9. The normalized spacial score (nSPS) is 15.5. The summed E-state index contributed by atoms with van der Waals surface area (Å²) in [6, 6.07) is 6.75. The first-order valence-corrected chi connectivity index (χ1v) is 13.2. The van der Waals surface area contributed by atoms with Gasteiger partial charge in [0.15, 0.2) is 5.82 Å². The summed E-state index contributed by atoms with van der Waals surface area (Å²) < 4.78 is 48.4. The maximum Gasteiger partial charge on any atom is 0.329 e. The smallest absolute Gasteiger partial charge is 0.329 e. The number of pyridine rings is 1. The molecule has 1 amide bonds. The summed E-state index contributed by atoms with van der Waals surface area (Å²) in [5.41, 5.74) is -0.0721. The molecule has 0 spiro atoms. The highest BCUT2D eigenvalue weighted by Gasteiger charge is 2.40. The third-order valence-corrected chi connectivity index (χ3v) is 6.33. The van der Waals surface area contributed by atoms with Gasteiger partial charge in [-0.1, -0.05) is 32.0 Å². The van der Waals surface area contributed by atoms with Gasteiger partial charge in [-0.25, -0.2) is 32.9 Å². The molecule has 12 heteroatoms. The Morgan fingerprint density at radius 2 is 1.73 bits per heavy atom. The van der Waals surface area contributed by atoms with Gasteiger partial charge in [-0.2, -0.15) is 0 Å². The van der Waals surface area contributed by atoms with E-state index in [-0.39, 0.29) is 53.0 Å². The molecular formula is C29H33F3N6O3. The van der Waals surface area contributed by atoms with Gasteiger partial charge in [0, 0.05) is 42.7 Å². The number of anilines is 3. The number of benzene rings is 1. The second kappa shape index (κ2) is 11.7. The third-order valence-electron chi connectivity index (χ3n) is 6.33. The second-order valence-electron chi connectivity index (χ2n) is 11.2. The van der Waals surface area contributed by atoms with Crippen molar-refractivity contribution in [1.82, 2.24) is 15.0 Å². The van der Waals surface area contributed by atoms with Crippen LogP contribution < -0.4 is 15.5 Å². The molecule has 9 nitrogen and oxygen atoms in total. The van der Waals surface area contributed by atoms with Gasteiger partial charge in [0.2, 0.25) is 5.95 Å². The molecule has 1 aliphatic heterocycles. The number of amides is 1. The minimum atomic E-state index is -2.92. The van der Waals surface area contributed by atoms with E-state index in [2.05, 4.69) is 25.6 Å². The summed E-state index contributed by atoms with van der Waals surface area (Å²) in [6.07, 6.45) is 3.55. The Morgan fingerprint density at radius 3 is 2.32 bits per heavy atom. The van der Waals surface area contributed by atoms with Gasteiger partial charge in [0.25, 0.3) is 11.8 Å². The van der Waals surface area contributed by atoms with E-state index in [4.69, 9.17) is 4.74 Å². The first-order chi connectivity index (χ1) is 19.2. The molecule has 1 atom stereocenters. The highest BCUT2D eigenvalue weighted by molar-refractivity contribution is 6.08. The van der Waals surface area contributed by atoms with E-state index in [1.54, 1.807) is 26.8 Å². The molecule has 0 unspecified atom stereocenters. The molecule has 2 N–H and O–H groups in total. The molecule has 41 heavy (non-hydrogen) atoms. The average Bonchev–Trinajstić information content (AvgIpc) is 3.26. The van der Waals surface area contributed by atoms with Crippen LogP contribution in [0.1, 0.15) is 51.4 Å². The van der Waals surface area contributed by atoms with Gasteiger partial charge in [-0.05, 0) is 38.8 Å². The largest absolute Gasteiger partial charge is 0.458 e. The van der Waals surface area contributed by atoms with Crippen LogP contribution in [0.5, 0.6) is 0 Å². The van der Waals surface area contributed by atoms with Gasteiger partial charge < -0.3 is 20.3 Å². The Hall–Kier alpha value is -4.22. The summed E-state index contributed by atoms with van der Waals surface area (Å²) in [5.74, 6) is -4.50. The molecule has 1 aromatic carbocycles. The summed E-state index contributed by atoms with van der Waals surface area (Å²) in [5, 5.41) is 5.67. The Morgan fingerprint density at radius 1 is 1.05 bits per heavy atom. The number of carbonyl (C=O) groups is 2. The molecule has 3 aromatic rings. The molecule has 218 valence electrons. The average molecular weight is 571 g/mol. The van der Waals surface area contributed by atoms with Crippen molar-refractivity contribution in [2.45, 2.75) is 58.6 Å². The number of alkyl halides is 2. The minimum Gasteiger partial charge on any atom is -0.458 e. The Balaban J connectivity index is 1.60. The third kappa shape index (κ3) is 7.30. The highest BCUT2D eigenvalue weighted by atomic mass is 19.3. The van der Waals surface area contributed by atoms with Crippen molar-refractivity contribution in [3.05, 3.63) is 60.3 Å². The zero-order valence-electron chi connectivity index (χ0n) is 23.5. The fourth-order valence-electron chi connectivity index (χ4n) is 4.34. The molecular weight excluding hydrogens is 537 g/mol. The predicted octanol–water partition coefficient (Wildman–Crippen LogP) is 5.55. The molecule has 1 fully saturated rings. The molecule has 2 aromatic heterocycles. The van der Waals surface area contributed by atoms with Crippen LogP contribution >= 0.6 is 0 Å². The summed E-state index contributed by atoms with van der Waals surface area (Å²) in [4.78, 5) is 40.0. The van der Waals surface area contributed by atoms with Crippen LogP contribution in [0.15, 0.2) is 48.9 Å². The van der Waals surface area contributed by atoms with Gasteiger partial charge >= 0.3 is 5.97 Å². The van der Waals surface area contributed by atoms with Crippen LogP contribution in [-0.2, 0) is 9.53 Å². The lowest BCUT2D eigenvalue weighted by molar-refractivity contribution is -0.156. The molecule has 1 saturated heterocycles. The lowest BCUT2D eigenvalue weighted by Gasteiger charge is -2.26. The van der Waals surface area contributed by atoms with E-state index in [1.165, 1.54) is 47.8 Å². The maximum absolute atomic E-state index is 14.8.